The fourth-order valence-corrected chi connectivity index (χ4v) is 2.20. The molecule has 0 aliphatic carbocycles. The molecule has 1 N–H and O–H groups in total. The molecule has 2 aromatic rings. The zero-order chi connectivity index (χ0) is 18.4. The summed E-state index contributed by atoms with van der Waals surface area (Å²) in [4.78, 5) is 17.8. The lowest BCUT2D eigenvalue weighted by atomic mass is 10.3. The van der Waals surface area contributed by atoms with Crippen LogP contribution in [0.1, 0.15) is 12.2 Å². The number of aromatic nitrogens is 2. The lowest BCUT2D eigenvalue weighted by Gasteiger charge is -2.18. The molecule has 1 aromatic heterocycles. The van der Waals surface area contributed by atoms with E-state index in [2.05, 4.69) is 15.0 Å². The van der Waals surface area contributed by atoms with Crippen LogP contribution in [0.2, 0.25) is 0 Å². The Bertz CT molecular complexity index is 715. The number of rotatable bonds is 6. The maximum atomic E-state index is 12.2. The third-order valence-corrected chi connectivity index (χ3v) is 3.48. The van der Waals surface area contributed by atoms with E-state index in [1.807, 2.05) is 17.8 Å². The molecule has 0 unspecified atom stereocenters. The first-order valence-corrected chi connectivity index (χ1v) is 7.59. The largest absolute Gasteiger partial charge is 0.573 e. The van der Waals surface area contributed by atoms with E-state index in [1.54, 1.807) is 13.2 Å². The summed E-state index contributed by atoms with van der Waals surface area (Å²) in [6.45, 7) is 0.484. The zero-order valence-electron chi connectivity index (χ0n) is 13.9. The number of carbonyl (C=O) groups is 1. The van der Waals surface area contributed by atoms with Crippen molar-refractivity contribution in [2.75, 3.05) is 18.9 Å². The molecule has 0 bridgehead atoms. The van der Waals surface area contributed by atoms with Crippen molar-refractivity contribution in [3.8, 4) is 5.75 Å². The van der Waals surface area contributed by atoms with Gasteiger partial charge in [-0.1, -0.05) is 6.07 Å². The van der Waals surface area contributed by atoms with E-state index in [9.17, 15) is 18.0 Å². The Hall–Kier alpha value is -2.71. The number of amides is 2. The molecule has 0 saturated carbocycles. The second kappa shape index (κ2) is 7.91. The van der Waals surface area contributed by atoms with Gasteiger partial charge in [-0.25, -0.2) is 9.78 Å². The Morgan fingerprint density at radius 1 is 1.40 bits per heavy atom. The number of imidazole rings is 1. The average Bonchev–Trinajstić information content (AvgIpc) is 2.91. The van der Waals surface area contributed by atoms with Crippen molar-refractivity contribution < 1.29 is 22.7 Å². The summed E-state index contributed by atoms with van der Waals surface area (Å²) >= 11 is 0. The summed E-state index contributed by atoms with van der Waals surface area (Å²) in [5.41, 5.74) is 0.225. The maximum Gasteiger partial charge on any atom is 0.573 e. The number of aryl methyl sites for hydroxylation is 2. The van der Waals surface area contributed by atoms with Crippen molar-refractivity contribution >= 4 is 11.7 Å². The van der Waals surface area contributed by atoms with Gasteiger partial charge in [-0.3, -0.25) is 0 Å². The first-order chi connectivity index (χ1) is 11.7. The standard InChI is InChI=1S/C16H19F3N4O2/c1-22-10-8-20-14(22)7-4-9-23(2)15(24)21-12-5-3-6-13(11-12)25-16(17,18)19/h3,5-6,8,10-11H,4,7,9H2,1-2H3,(H,21,24). The third kappa shape index (κ3) is 6.02. The van der Waals surface area contributed by atoms with E-state index in [0.717, 1.165) is 18.3 Å². The molecular formula is C16H19F3N4O2. The van der Waals surface area contributed by atoms with Crippen molar-refractivity contribution in [1.29, 1.82) is 0 Å². The number of ether oxygens (including phenoxy) is 1. The van der Waals surface area contributed by atoms with E-state index in [4.69, 9.17) is 0 Å². The zero-order valence-corrected chi connectivity index (χ0v) is 13.9. The lowest BCUT2D eigenvalue weighted by molar-refractivity contribution is -0.274. The van der Waals surface area contributed by atoms with Gasteiger partial charge in [-0.05, 0) is 18.6 Å². The van der Waals surface area contributed by atoms with Crippen LogP contribution in [0.5, 0.6) is 5.75 Å². The molecule has 1 heterocycles. The molecule has 136 valence electrons. The van der Waals surface area contributed by atoms with Gasteiger partial charge in [-0.15, -0.1) is 13.2 Å². The molecule has 0 atom stereocenters. The fraction of sp³-hybridized carbons (Fsp3) is 0.375. The van der Waals surface area contributed by atoms with Crippen LogP contribution >= 0.6 is 0 Å². The topological polar surface area (TPSA) is 59.4 Å². The van der Waals surface area contributed by atoms with Crippen LogP contribution in [0.4, 0.5) is 23.7 Å². The van der Waals surface area contributed by atoms with Crippen LogP contribution in [0.15, 0.2) is 36.7 Å². The fourth-order valence-electron chi connectivity index (χ4n) is 2.20. The minimum absolute atomic E-state index is 0.225. The highest BCUT2D eigenvalue weighted by molar-refractivity contribution is 5.89. The van der Waals surface area contributed by atoms with Crippen LogP contribution in [-0.4, -0.2) is 40.4 Å². The Morgan fingerprint density at radius 3 is 2.80 bits per heavy atom. The number of halogens is 3. The van der Waals surface area contributed by atoms with Crippen LogP contribution in [-0.2, 0) is 13.5 Å². The molecular weight excluding hydrogens is 337 g/mol. The number of carbonyl (C=O) groups excluding carboxylic acids is 1. The highest BCUT2D eigenvalue weighted by Gasteiger charge is 2.31. The van der Waals surface area contributed by atoms with Gasteiger partial charge in [-0.2, -0.15) is 0 Å². The predicted molar refractivity (Wildman–Crippen MR) is 86.3 cm³/mol. The van der Waals surface area contributed by atoms with Gasteiger partial charge in [0, 0.05) is 51.2 Å². The number of alkyl halides is 3. The summed E-state index contributed by atoms with van der Waals surface area (Å²) in [6.07, 6.45) is 0.218. The second-order valence-corrected chi connectivity index (χ2v) is 5.49. The van der Waals surface area contributed by atoms with Crippen molar-refractivity contribution in [3.05, 3.63) is 42.5 Å². The number of hydrogen-bond acceptors (Lipinski definition) is 3. The van der Waals surface area contributed by atoms with Crippen molar-refractivity contribution in [3.63, 3.8) is 0 Å². The van der Waals surface area contributed by atoms with Crippen LogP contribution < -0.4 is 10.1 Å². The number of benzene rings is 1. The second-order valence-electron chi connectivity index (χ2n) is 5.49. The Morgan fingerprint density at radius 2 is 2.16 bits per heavy atom. The Balaban J connectivity index is 1.84. The highest BCUT2D eigenvalue weighted by atomic mass is 19.4. The average molecular weight is 356 g/mol. The Kier molecular flexibility index (Phi) is 5.89. The molecule has 0 radical (unpaired) electrons. The van der Waals surface area contributed by atoms with Gasteiger partial charge in [0.05, 0.1) is 0 Å². The molecule has 0 aliphatic heterocycles. The quantitative estimate of drug-likeness (QED) is 0.863. The summed E-state index contributed by atoms with van der Waals surface area (Å²) in [6, 6.07) is 4.73. The van der Waals surface area contributed by atoms with Crippen LogP contribution in [0.3, 0.4) is 0 Å². The number of hydrogen-bond donors (Lipinski definition) is 1. The summed E-state index contributed by atoms with van der Waals surface area (Å²) in [5, 5.41) is 2.54. The van der Waals surface area contributed by atoms with E-state index in [0.29, 0.717) is 13.0 Å². The number of anilines is 1. The third-order valence-electron chi connectivity index (χ3n) is 3.48. The number of nitrogens with zero attached hydrogens (tertiary/aromatic N) is 3. The van der Waals surface area contributed by atoms with Gasteiger partial charge < -0.3 is 19.5 Å². The SMILES string of the molecule is CN(CCCc1nccn1C)C(=O)Nc1cccc(OC(F)(F)F)c1. The molecule has 2 amide bonds. The number of nitrogens with one attached hydrogen (secondary N) is 1. The predicted octanol–water partition coefficient (Wildman–Crippen LogP) is 3.42. The minimum Gasteiger partial charge on any atom is -0.406 e. The normalized spacial score (nSPS) is 11.2. The van der Waals surface area contributed by atoms with Gasteiger partial charge in [0.25, 0.3) is 0 Å². The van der Waals surface area contributed by atoms with Gasteiger partial charge >= 0.3 is 12.4 Å². The van der Waals surface area contributed by atoms with E-state index in [-0.39, 0.29) is 11.4 Å². The van der Waals surface area contributed by atoms with Gasteiger partial charge in [0.1, 0.15) is 11.6 Å². The maximum absolute atomic E-state index is 12.2. The van der Waals surface area contributed by atoms with Crippen molar-refractivity contribution in [2.24, 2.45) is 7.05 Å². The highest BCUT2D eigenvalue weighted by Crippen LogP contribution is 2.25. The summed E-state index contributed by atoms with van der Waals surface area (Å²) in [5.74, 6) is 0.536. The van der Waals surface area contributed by atoms with Crippen molar-refractivity contribution in [1.82, 2.24) is 14.5 Å². The van der Waals surface area contributed by atoms with Gasteiger partial charge in [0.2, 0.25) is 0 Å². The monoisotopic (exact) mass is 356 g/mol. The summed E-state index contributed by atoms with van der Waals surface area (Å²) < 4.78 is 42.4. The molecule has 0 saturated heterocycles. The first kappa shape index (κ1) is 18.6. The molecule has 1 aromatic carbocycles. The molecule has 0 spiro atoms. The molecule has 0 aliphatic rings. The first-order valence-electron chi connectivity index (χ1n) is 7.59. The van der Waals surface area contributed by atoms with Gasteiger partial charge in [0.15, 0.2) is 0 Å². The van der Waals surface area contributed by atoms with Crippen molar-refractivity contribution in [2.45, 2.75) is 19.2 Å². The number of urea groups is 1. The van der Waals surface area contributed by atoms with E-state index >= 15 is 0 Å². The smallest absolute Gasteiger partial charge is 0.406 e. The molecule has 0 fully saturated rings. The molecule has 9 heteroatoms. The van der Waals surface area contributed by atoms with E-state index < -0.39 is 12.4 Å². The molecule has 6 nitrogen and oxygen atoms in total. The summed E-state index contributed by atoms with van der Waals surface area (Å²) in [7, 11) is 3.51. The minimum atomic E-state index is -4.77. The van der Waals surface area contributed by atoms with E-state index in [1.165, 1.54) is 23.1 Å². The molecule has 25 heavy (non-hydrogen) atoms. The van der Waals surface area contributed by atoms with Crippen LogP contribution in [0, 0.1) is 0 Å². The lowest BCUT2D eigenvalue weighted by Crippen LogP contribution is -2.32. The molecule has 2 rings (SSSR count). The van der Waals surface area contributed by atoms with Crippen LogP contribution in [0.25, 0.3) is 0 Å². The Labute approximate surface area is 143 Å².